The lowest BCUT2D eigenvalue weighted by molar-refractivity contribution is -0.144. The lowest BCUT2D eigenvalue weighted by Crippen LogP contribution is -2.42. The van der Waals surface area contributed by atoms with Crippen LogP contribution in [0.25, 0.3) is 33.4 Å². The van der Waals surface area contributed by atoms with Gasteiger partial charge in [0.25, 0.3) is 0 Å². The maximum absolute atomic E-state index is 14.0. The molecule has 3 atom stereocenters. The van der Waals surface area contributed by atoms with Gasteiger partial charge in [0.15, 0.2) is 0 Å². The average molecular weight is 1230 g/mol. The normalized spacial score (nSPS) is 11.6. The van der Waals surface area contributed by atoms with Crippen molar-refractivity contribution in [1.29, 1.82) is 0 Å². The van der Waals surface area contributed by atoms with Crippen molar-refractivity contribution >= 4 is 86.3 Å². The number of benzene rings is 6. The number of aromatic hydroxyl groups is 3. The van der Waals surface area contributed by atoms with E-state index < -0.39 is 104 Å². The molecular weight excluding hydrogens is 1180 g/mol. The highest BCUT2D eigenvalue weighted by Gasteiger charge is 2.27. The van der Waals surface area contributed by atoms with E-state index in [1.807, 2.05) is 0 Å². The molecule has 27 heteroatoms. The van der Waals surface area contributed by atoms with Crippen molar-refractivity contribution in [3.8, 4) is 50.6 Å². The topological polar surface area (TPSA) is 278 Å². The molecule has 6 aromatic carbocycles. The van der Waals surface area contributed by atoms with Gasteiger partial charge in [-0.15, -0.1) is 0 Å². The molecule has 444 valence electrons. The summed E-state index contributed by atoms with van der Waals surface area (Å²) in [5.41, 5.74) is 0.651. The number of thioether (sulfide) groups is 3. The van der Waals surface area contributed by atoms with Gasteiger partial charge >= 0.3 is 17.9 Å². The molecule has 6 aromatic rings. The first kappa shape index (κ1) is 67.7. The minimum Gasteiger partial charge on any atom is -0.507 e. The third kappa shape index (κ3) is 20.0. The summed E-state index contributed by atoms with van der Waals surface area (Å²) in [6.45, 7) is 3.65. The van der Waals surface area contributed by atoms with Gasteiger partial charge in [-0.2, -0.15) is 0 Å². The highest BCUT2D eigenvalue weighted by atomic mass is 32.2. The van der Waals surface area contributed by atoms with E-state index in [0.29, 0.717) is 53.5 Å². The third-order valence-corrected chi connectivity index (χ3v) is 14.1. The number of rotatable bonds is 18. The number of phenolic OH excluding ortho intramolecular Hbond substituents is 3. The minimum absolute atomic E-state index is 0.0612. The van der Waals surface area contributed by atoms with E-state index in [4.69, 9.17) is 0 Å². The Morgan fingerprint density at radius 1 is 0.393 bits per heavy atom. The largest absolute Gasteiger partial charge is 0.507 e. The van der Waals surface area contributed by atoms with E-state index in [1.165, 1.54) is 93.6 Å². The second-order valence-corrected chi connectivity index (χ2v) is 20.2. The highest BCUT2D eigenvalue weighted by molar-refractivity contribution is 8.14. The highest BCUT2D eigenvalue weighted by Crippen LogP contribution is 2.34. The van der Waals surface area contributed by atoms with Crippen LogP contribution in [0.4, 0.5) is 26.3 Å². The van der Waals surface area contributed by atoms with Crippen molar-refractivity contribution in [2.75, 3.05) is 38.6 Å². The molecule has 6 N–H and O–H groups in total. The molecule has 0 saturated carbocycles. The smallest absolute Gasteiger partial charge is 0.329 e. The quantitative estimate of drug-likeness (QED) is 0.0267. The first-order valence-corrected chi connectivity index (χ1v) is 27.0. The summed E-state index contributed by atoms with van der Waals surface area (Å²) in [5, 5.41) is 35.3. The SMILES string of the molecule is COC(=O)C(CSC(=O)c1cc(-c2ccc(F)cc2F)ccc1O)NC(C)=O.COC(=O)[C@@H](CSC(=O)c1cc(-c2ccc(F)cc2F)ccc1O)NC(C)=O.COC(=O)[C@H](CSC(=O)c1cc(-c2ccc(F)cc2F)ccc1O)NC(C)=O. The van der Waals surface area contributed by atoms with Crippen molar-refractivity contribution in [3.05, 3.63) is 161 Å². The number of hydrogen-bond donors (Lipinski definition) is 6. The predicted octanol–water partition coefficient (Wildman–Crippen LogP) is 8.67. The van der Waals surface area contributed by atoms with Crippen molar-refractivity contribution < 1.29 is 99.0 Å². The molecule has 0 aromatic heterocycles. The molecule has 0 bridgehead atoms. The zero-order valence-corrected chi connectivity index (χ0v) is 47.4. The van der Waals surface area contributed by atoms with Gasteiger partial charge in [0.1, 0.15) is 70.3 Å². The Balaban J connectivity index is 0.000000270. The fourth-order valence-electron chi connectivity index (χ4n) is 7.15. The van der Waals surface area contributed by atoms with E-state index in [-0.39, 0.29) is 84.6 Å². The van der Waals surface area contributed by atoms with E-state index in [9.17, 15) is 84.8 Å². The molecule has 0 aliphatic heterocycles. The van der Waals surface area contributed by atoms with Gasteiger partial charge in [0.2, 0.25) is 33.1 Å². The van der Waals surface area contributed by atoms with Gasteiger partial charge in [-0.3, -0.25) is 28.8 Å². The van der Waals surface area contributed by atoms with Crippen LogP contribution in [-0.4, -0.2) is 123 Å². The average Bonchev–Trinajstić information content (AvgIpc) is 3.31. The van der Waals surface area contributed by atoms with Crippen LogP contribution < -0.4 is 16.0 Å². The van der Waals surface area contributed by atoms with E-state index >= 15 is 0 Å². The standard InChI is InChI=1S/3C19H17F2NO5S/c3*1-10(23)22-16(18(25)27-2)9-28-19(26)14-7-11(3-6-17(14)24)13-5-4-12(20)8-15(13)21/h3*3-8,16,24H,9H2,1-2H3,(H,22,23)/t2*16-;/m10./s1. The van der Waals surface area contributed by atoms with Gasteiger partial charge in [0.05, 0.1) is 38.0 Å². The van der Waals surface area contributed by atoms with Crippen LogP contribution in [-0.2, 0) is 43.0 Å². The molecule has 0 saturated heterocycles. The van der Waals surface area contributed by atoms with Gasteiger partial charge < -0.3 is 45.5 Å². The molecular formula is C57H51F6N3O15S3. The fraction of sp³-hybridized carbons (Fsp3) is 0.211. The van der Waals surface area contributed by atoms with Crippen molar-refractivity contribution in [2.45, 2.75) is 38.9 Å². The van der Waals surface area contributed by atoms with Crippen LogP contribution in [0.2, 0.25) is 0 Å². The van der Waals surface area contributed by atoms with Crippen molar-refractivity contribution in [2.24, 2.45) is 0 Å². The first-order valence-electron chi connectivity index (χ1n) is 24.1. The summed E-state index contributed by atoms with van der Waals surface area (Å²) in [6, 6.07) is 17.6. The molecule has 84 heavy (non-hydrogen) atoms. The van der Waals surface area contributed by atoms with Crippen molar-refractivity contribution in [1.82, 2.24) is 16.0 Å². The summed E-state index contributed by atoms with van der Waals surface area (Å²) >= 11 is 2.04. The second kappa shape index (κ2) is 32.1. The zero-order valence-electron chi connectivity index (χ0n) is 45.0. The first-order chi connectivity index (χ1) is 39.7. The van der Waals surface area contributed by atoms with Gasteiger partial charge in [-0.1, -0.05) is 53.5 Å². The summed E-state index contributed by atoms with van der Waals surface area (Å²) in [5.74, 6) is -9.61. The van der Waals surface area contributed by atoms with E-state index in [2.05, 4.69) is 30.2 Å². The number of carbonyl (C=O) groups is 9. The number of halogens is 6. The number of nitrogens with one attached hydrogen (secondary N) is 3. The van der Waals surface area contributed by atoms with Gasteiger partial charge in [-0.25, -0.2) is 40.7 Å². The lowest BCUT2D eigenvalue weighted by Gasteiger charge is -2.15. The molecule has 0 fully saturated rings. The monoisotopic (exact) mass is 1230 g/mol. The van der Waals surface area contributed by atoms with Crippen LogP contribution in [0, 0.1) is 34.9 Å². The molecule has 6 rings (SSSR count). The number of phenols is 3. The summed E-state index contributed by atoms with van der Waals surface area (Å²) in [4.78, 5) is 106. The zero-order chi connectivity index (χ0) is 62.5. The maximum atomic E-state index is 14.0. The number of amides is 3. The number of hydrogen-bond acceptors (Lipinski definition) is 18. The van der Waals surface area contributed by atoms with Crippen LogP contribution >= 0.6 is 35.3 Å². The number of esters is 3. The Bertz CT molecular complexity index is 3110. The third-order valence-electron chi connectivity index (χ3n) is 11.1. The molecule has 1 unspecified atom stereocenters. The van der Waals surface area contributed by atoms with Gasteiger partial charge in [-0.05, 0) is 89.5 Å². The molecule has 3 amide bonds. The molecule has 0 heterocycles. The van der Waals surface area contributed by atoms with Gasteiger partial charge in [0, 0.05) is 72.9 Å². The Morgan fingerprint density at radius 2 is 0.631 bits per heavy atom. The molecule has 18 nitrogen and oxygen atoms in total. The maximum Gasteiger partial charge on any atom is 0.329 e. The van der Waals surface area contributed by atoms with Crippen LogP contribution in [0.5, 0.6) is 17.2 Å². The van der Waals surface area contributed by atoms with E-state index in [1.54, 1.807) is 0 Å². The molecule has 0 radical (unpaired) electrons. The summed E-state index contributed by atoms with van der Waals surface area (Å²) < 4.78 is 95.0. The summed E-state index contributed by atoms with van der Waals surface area (Å²) in [6.07, 6.45) is 0. The Labute approximate surface area is 488 Å². The molecule has 0 aliphatic carbocycles. The van der Waals surface area contributed by atoms with Crippen molar-refractivity contribution in [3.63, 3.8) is 0 Å². The molecule has 0 spiro atoms. The molecule has 0 aliphatic rings. The van der Waals surface area contributed by atoms with Crippen LogP contribution in [0.15, 0.2) is 109 Å². The number of ether oxygens (including phenoxy) is 3. The van der Waals surface area contributed by atoms with Crippen LogP contribution in [0.3, 0.4) is 0 Å². The summed E-state index contributed by atoms with van der Waals surface area (Å²) in [7, 11) is 3.45. The fourth-order valence-corrected chi connectivity index (χ4v) is 9.72. The second-order valence-electron chi connectivity index (χ2n) is 17.2. The van der Waals surface area contributed by atoms with E-state index in [0.717, 1.165) is 39.5 Å². The number of carbonyl (C=O) groups excluding carboxylic acids is 9. The number of methoxy groups -OCH3 is 3. The Morgan fingerprint density at radius 3 is 0.833 bits per heavy atom. The van der Waals surface area contributed by atoms with Crippen LogP contribution in [0.1, 0.15) is 51.8 Å². The minimum atomic E-state index is -1.05. The predicted molar refractivity (Wildman–Crippen MR) is 300 cm³/mol. The Hall–Kier alpha value is -8.82. The Kier molecular flexibility index (Phi) is 25.9. The lowest BCUT2D eigenvalue weighted by atomic mass is 10.0.